The van der Waals surface area contributed by atoms with Crippen molar-refractivity contribution in [2.75, 3.05) is 0 Å². The van der Waals surface area contributed by atoms with Crippen molar-refractivity contribution in [3.63, 3.8) is 0 Å². The molecule has 0 aliphatic carbocycles. The van der Waals surface area contributed by atoms with Crippen molar-refractivity contribution in [1.82, 2.24) is 0 Å². The Morgan fingerprint density at radius 3 is 1.88 bits per heavy atom. The second kappa shape index (κ2) is 8.84. The average molecular weight is 459 g/mol. The quantitative estimate of drug-likeness (QED) is 0.232. The highest BCUT2D eigenvalue weighted by Crippen LogP contribution is 2.33. The zero-order chi connectivity index (χ0) is 22.2. The molecule has 32 heavy (non-hydrogen) atoms. The largest absolute Gasteiger partial charge is 0.289 e. The Morgan fingerprint density at radius 2 is 1.25 bits per heavy atom. The lowest BCUT2D eigenvalue weighted by molar-refractivity contribution is 0.759. The van der Waals surface area contributed by atoms with Gasteiger partial charge in [-0.2, -0.15) is 0 Å². The maximum absolute atomic E-state index is 13.2. The molecule has 0 fully saturated rings. The van der Waals surface area contributed by atoms with Crippen LogP contribution in [0.4, 0.5) is 0 Å². The molecule has 5 aromatic rings. The van der Waals surface area contributed by atoms with Gasteiger partial charge in [-0.3, -0.25) is 4.79 Å². The van der Waals surface area contributed by atoms with Crippen molar-refractivity contribution in [1.29, 1.82) is 0 Å². The van der Waals surface area contributed by atoms with Crippen molar-refractivity contribution in [2.24, 2.45) is 0 Å². The summed E-state index contributed by atoms with van der Waals surface area (Å²) in [4.78, 5) is 13.2. The lowest BCUT2D eigenvalue weighted by atomic mass is 9.92. The molecule has 162 valence electrons. The SMILES string of the molecule is CCCCc1cc2cc3cc4sc5ccc(Cl)cc5c(=O)c4cc3cc2cc1CCCC. The summed E-state index contributed by atoms with van der Waals surface area (Å²) < 4.78 is 2.01. The Bertz CT molecular complexity index is 1530. The molecule has 0 aliphatic heterocycles. The van der Waals surface area contributed by atoms with Crippen molar-refractivity contribution >= 4 is 64.7 Å². The maximum atomic E-state index is 13.2. The standard InChI is InChI=1S/C29H27ClOS/c1-3-5-7-18-11-20-13-22-15-25-28(32-27-10-9-24(30)17-26(27)29(25)31)16-23(22)14-21(20)12-19(18)8-6-4-2/h9-17H,3-8H2,1-2H3. The molecule has 5 rings (SSSR count). The molecule has 1 heterocycles. The summed E-state index contributed by atoms with van der Waals surface area (Å²) in [5.41, 5.74) is 3.05. The normalized spacial score (nSPS) is 11.8. The zero-order valence-corrected chi connectivity index (χ0v) is 20.2. The van der Waals surface area contributed by atoms with Crippen LogP contribution in [0.3, 0.4) is 0 Å². The molecular weight excluding hydrogens is 432 g/mol. The molecule has 0 radical (unpaired) electrons. The number of hydrogen-bond acceptors (Lipinski definition) is 2. The Hall–Kier alpha value is -2.42. The lowest BCUT2D eigenvalue weighted by Gasteiger charge is -2.13. The highest BCUT2D eigenvalue weighted by Gasteiger charge is 2.11. The van der Waals surface area contributed by atoms with Gasteiger partial charge in [-0.25, -0.2) is 0 Å². The van der Waals surface area contributed by atoms with Crippen LogP contribution in [0, 0.1) is 0 Å². The fourth-order valence-corrected chi connectivity index (χ4v) is 5.92. The number of unbranched alkanes of at least 4 members (excludes halogenated alkanes) is 2. The maximum Gasteiger partial charge on any atom is 0.195 e. The van der Waals surface area contributed by atoms with E-state index in [1.165, 1.54) is 53.0 Å². The van der Waals surface area contributed by atoms with Gasteiger partial charge in [0.15, 0.2) is 5.43 Å². The van der Waals surface area contributed by atoms with Crippen molar-refractivity contribution in [2.45, 2.75) is 52.4 Å². The van der Waals surface area contributed by atoms with Gasteiger partial charge in [0, 0.05) is 25.2 Å². The average Bonchev–Trinajstić information content (AvgIpc) is 2.79. The van der Waals surface area contributed by atoms with Gasteiger partial charge in [0.05, 0.1) is 0 Å². The van der Waals surface area contributed by atoms with Gasteiger partial charge < -0.3 is 0 Å². The fourth-order valence-electron chi connectivity index (χ4n) is 4.67. The Labute approximate surface area is 197 Å². The van der Waals surface area contributed by atoms with Gasteiger partial charge >= 0.3 is 0 Å². The fraction of sp³-hybridized carbons (Fsp3) is 0.276. The molecule has 0 spiro atoms. The van der Waals surface area contributed by atoms with E-state index in [1.54, 1.807) is 17.4 Å². The van der Waals surface area contributed by atoms with E-state index in [0.29, 0.717) is 10.4 Å². The number of halogens is 1. The third-order valence-corrected chi connectivity index (χ3v) is 7.83. The monoisotopic (exact) mass is 458 g/mol. The first kappa shape index (κ1) is 21.4. The minimum absolute atomic E-state index is 0.0665. The van der Waals surface area contributed by atoms with Crippen LogP contribution in [-0.2, 0) is 12.8 Å². The third kappa shape index (κ3) is 3.91. The van der Waals surface area contributed by atoms with Gasteiger partial charge in [-0.05, 0) is 101 Å². The van der Waals surface area contributed by atoms with Gasteiger partial charge in [-0.15, -0.1) is 11.3 Å². The van der Waals surface area contributed by atoms with E-state index in [2.05, 4.69) is 50.2 Å². The molecule has 1 nitrogen and oxygen atoms in total. The van der Waals surface area contributed by atoms with Gasteiger partial charge in [0.25, 0.3) is 0 Å². The number of fused-ring (bicyclic) bond motifs is 4. The molecule has 0 aliphatic rings. The van der Waals surface area contributed by atoms with E-state index in [0.717, 1.165) is 33.0 Å². The molecule has 0 unspecified atom stereocenters. The molecule has 0 N–H and O–H groups in total. The summed E-state index contributed by atoms with van der Waals surface area (Å²) in [6, 6.07) is 19.2. The first-order valence-corrected chi connectivity index (χ1v) is 12.8. The summed E-state index contributed by atoms with van der Waals surface area (Å²) in [6.45, 7) is 4.51. The number of rotatable bonds is 6. The van der Waals surface area contributed by atoms with E-state index in [9.17, 15) is 4.79 Å². The van der Waals surface area contributed by atoms with Crippen molar-refractivity contribution in [3.8, 4) is 0 Å². The lowest BCUT2D eigenvalue weighted by Crippen LogP contribution is -2.01. The summed E-state index contributed by atoms with van der Waals surface area (Å²) in [6.07, 6.45) is 7.17. The van der Waals surface area contributed by atoms with Crippen LogP contribution in [0.15, 0.2) is 59.4 Å². The zero-order valence-electron chi connectivity index (χ0n) is 18.6. The number of hydrogen-bond donors (Lipinski definition) is 0. The Kier molecular flexibility index (Phi) is 5.92. The second-order valence-electron chi connectivity index (χ2n) is 8.79. The van der Waals surface area contributed by atoms with Gasteiger partial charge in [0.1, 0.15) is 0 Å². The molecular formula is C29H27ClOS. The first-order valence-electron chi connectivity index (χ1n) is 11.6. The van der Waals surface area contributed by atoms with Crippen LogP contribution >= 0.6 is 22.9 Å². The van der Waals surface area contributed by atoms with Crippen molar-refractivity contribution < 1.29 is 0 Å². The minimum Gasteiger partial charge on any atom is -0.289 e. The van der Waals surface area contributed by atoms with Gasteiger partial charge in [0.2, 0.25) is 0 Å². The van der Waals surface area contributed by atoms with Crippen LogP contribution < -0.4 is 5.43 Å². The van der Waals surface area contributed by atoms with E-state index in [-0.39, 0.29) is 5.43 Å². The van der Waals surface area contributed by atoms with Crippen LogP contribution in [0.1, 0.15) is 50.7 Å². The summed E-state index contributed by atoms with van der Waals surface area (Å²) >= 11 is 7.82. The summed E-state index contributed by atoms with van der Waals surface area (Å²) in [5.74, 6) is 0. The number of benzene rings is 4. The highest BCUT2D eigenvalue weighted by molar-refractivity contribution is 7.24. The Balaban J connectivity index is 1.74. The highest BCUT2D eigenvalue weighted by atomic mass is 35.5. The van der Waals surface area contributed by atoms with E-state index in [4.69, 9.17) is 11.6 Å². The molecule has 0 saturated heterocycles. The van der Waals surface area contributed by atoms with E-state index < -0.39 is 0 Å². The Morgan fingerprint density at radius 1 is 0.688 bits per heavy atom. The molecule has 0 bridgehead atoms. The molecule has 0 saturated carbocycles. The summed E-state index contributed by atoms with van der Waals surface area (Å²) in [5, 5.41) is 6.97. The van der Waals surface area contributed by atoms with Crippen LogP contribution in [0.2, 0.25) is 5.02 Å². The first-order chi connectivity index (χ1) is 15.6. The smallest absolute Gasteiger partial charge is 0.195 e. The van der Waals surface area contributed by atoms with E-state index >= 15 is 0 Å². The second-order valence-corrected chi connectivity index (χ2v) is 10.3. The number of aryl methyl sites for hydroxylation is 2. The van der Waals surface area contributed by atoms with Crippen LogP contribution in [-0.4, -0.2) is 0 Å². The summed E-state index contributed by atoms with van der Waals surface area (Å²) in [7, 11) is 0. The predicted octanol–water partition coefficient (Wildman–Crippen LogP) is 9.06. The van der Waals surface area contributed by atoms with Gasteiger partial charge in [-0.1, -0.05) is 50.4 Å². The molecule has 0 atom stereocenters. The molecule has 4 aromatic carbocycles. The molecule has 3 heteroatoms. The molecule has 1 aromatic heterocycles. The van der Waals surface area contributed by atoms with Crippen LogP contribution in [0.5, 0.6) is 0 Å². The van der Waals surface area contributed by atoms with Crippen LogP contribution in [0.25, 0.3) is 41.7 Å². The van der Waals surface area contributed by atoms with Crippen molar-refractivity contribution in [3.05, 3.63) is 81.0 Å². The third-order valence-electron chi connectivity index (χ3n) is 6.46. The molecule has 0 amide bonds. The van der Waals surface area contributed by atoms with E-state index in [1.807, 2.05) is 12.1 Å². The predicted molar refractivity (Wildman–Crippen MR) is 143 cm³/mol. The minimum atomic E-state index is 0.0665. The topological polar surface area (TPSA) is 17.1 Å².